The molecule has 1 N–H and O–H groups in total. The number of nitrogens with zero attached hydrogens (tertiary/aromatic N) is 1. The molecule has 6 heteroatoms. The van der Waals surface area contributed by atoms with E-state index in [1.165, 1.54) is 4.90 Å². The van der Waals surface area contributed by atoms with E-state index in [9.17, 15) is 9.59 Å². The second kappa shape index (κ2) is 10.6. The molecular formula is C19H30N2O4. The summed E-state index contributed by atoms with van der Waals surface area (Å²) in [6.45, 7) is 8.99. The summed E-state index contributed by atoms with van der Waals surface area (Å²) in [7, 11) is 1.64. The highest BCUT2D eigenvalue weighted by Gasteiger charge is 2.14. The van der Waals surface area contributed by atoms with E-state index >= 15 is 0 Å². The van der Waals surface area contributed by atoms with E-state index in [1.54, 1.807) is 25.2 Å². The largest absolute Gasteiger partial charge is 0.490 e. The average molecular weight is 350 g/mol. The van der Waals surface area contributed by atoms with Crippen molar-refractivity contribution in [2.24, 2.45) is 5.92 Å². The molecule has 0 fully saturated rings. The van der Waals surface area contributed by atoms with Gasteiger partial charge in [0.2, 0.25) is 11.8 Å². The van der Waals surface area contributed by atoms with Crippen molar-refractivity contribution in [3.63, 3.8) is 0 Å². The fourth-order valence-electron chi connectivity index (χ4n) is 2.24. The summed E-state index contributed by atoms with van der Waals surface area (Å²) in [5.41, 5.74) is 0.611. The zero-order chi connectivity index (χ0) is 18.8. The lowest BCUT2D eigenvalue weighted by Gasteiger charge is -2.18. The number of hydrogen-bond donors (Lipinski definition) is 1. The molecule has 6 nitrogen and oxygen atoms in total. The molecule has 140 valence electrons. The van der Waals surface area contributed by atoms with Crippen LogP contribution in [0, 0.1) is 5.92 Å². The lowest BCUT2D eigenvalue weighted by atomic mass is 10.1. The third-order valence-corrected chi connectivity index (χ3v) is 3.57. The first-order valence-corrected chi connectivity index (χ1v) is 8.80. The molecule has 0 aliphatic carbocycles. The van der Waals surface area contributed by atoms with Crippen molar-refractivity contribution in [2.75, 3.05) is 32.1 Å². The molecule has 0 unspecified atom stereocenters. The first-order chi connectivity index (χ1) is 11.9. The lowest BCUT2D eigenvalue weighted by Crippen LogP contribution is -2.34. The number of benzene rings is 1. The number of carbonyl (C=O) groups excluding carboxylic acids is 2. The lowest BCUT2D eigenvalue weighted by molar-refractivity contribution is -0.133. The molecule has 1 rings (SSSR count). The summed E-state index contributed by atoms with van der Waals surface area (Å²) < 4.78 is 11.0. The summed E-state index contributed by atoms with van der Waals surface area (Å²) in [4.78, 5) is 25.6. The second-order valence-electron chi connectivity index (χ2n) is 6.26. The smallest absolute Gasteiger partial charge is 0.243 e. The topological polar surface area (TPSA) is 67.9 Å². The Balaban J connectivity index is 2.64. The van der Waals surface area contributed by atoms with Gasteiger partial charge in [-0.25, -0.2) is 0 Å². The molecular weight excluding hydrogens is 320 g/mol. The standard InChI is InChI=1S/C19H30N2O4/c1-6-24-16-10-9-15(12-17(16)25-7-2)20-18(22)13-21(5)19(23)11-8-14(3)4/h9-10,12,14H,6-8,11,13H2,1-5H3,(H,20,22). The van der Waals surface area contributed by atoms with Gasteiger partial charge < -0.3 is 19.7 Å². The number of rotatable bonds is 10. The molecule has 0 spiro atoms. The van der Waals surface area contributed by atoms with Crippen molar-refractivity contribution >= 4 is 17.5 Å². The van der Waals surface area contributed by atoms with E-state index in [0.717, 1.165) is 6.42 Å². The molecule has 25 heavy (non-hydrogen) atoms. The predicted molar refractivity (Wildman–Crippen MR) is 99.1 cm³/mol. The maximum absolute atomic E-state index is 12.2. The summed E-state index contributed by atoms with van der Waals surface area (Å²) in [6, 6.07) is 5.25. The van der Waals surface area contributed by atoms with Crippen LogP contribution in [0.15, 0.2) is 18.2 Å². The minimum absolute atomic E-state index is 0.0219. The third kappa shape index (κ3) is 7.45. The summed E-state index contributed by atoms with van der Waals surface area (Å²) >= 11 is 0. The van der Waals surface area contributed by atoms with E-state index in [0.29, 0.717) is 42.7 Å². The maximum Gasteiger partial charge on any atom is 0.243 e. The van der Waals surface area contributed by atoms with Crippen LogP contribution < -0.4 is 14.8 Å². The highest BCUT2D eigenvalue weighted by molar-refractivity contribution is 5.94. The van der Waals surface area contributed by atoms with E-state index in [-0.39, 0.29) is 18.4 Å². The minimum atomic E-state index is -0.244. The Hall–Kier alpha value is -2.24. The van der Waals surface area contributed by atoms with Crippen LogP contribution in [0.1, 0.15) is 40.5 Å². The first-order valence-electron chi connectivity index (χ1n) is 8.80. The average Bonchev–Trinajstić information content (AvgIpc) is 2.55. The Morgan fingerprint density at radius 3 is 2.36 bits per heavy atom. The predicted octanol–water partition coefficient (Wildman–Crippen LogP) is 3.32. The van der Waals surface area contributed by atoms with Gasteiger partial charge in [-0.1, -0.05) is 13.8 Å². The molecule has 0 aliphatic rings. The number of likely N-dealkylation sites (N-methyl/N-ethyl adjacent to an activating group) is 1. The number of hydrogen-bond acceptors (Lipinski definition) is 4. The molecule has 0 radical (unpaired) electrons. The van der Waals surface area contributed by atoms with E-state index < -0.39 is 0 Å². The van der Waals surface area contributed by atoms with Crippen LogP contribution in [-0.2, 0) is 9.59 Å². The van der Waals surface area contributed by atoms with Crippen LogP contribution in [0.25, 0.3) is 0 Å². The van der Waals surface area contributed by atoms with Gasteiger partial charge in [-0.2, -0.15) is 0 Å². The number of ether oxygens (including phenoxy) is 2. The Bertz CT molecular complexity index is 573. The minimum Gasteiger partial charge on any atom is -0.490 e. The molecule has 0 aliphatic heterocycles. The van der Waals surface area contributed by atoms with Crippen molar-refractivity contribution in [3.8, 4) is 11.5 Å². The van der Waals surface area contributed by atoms with Gasteiger partial charge in [-0.05, 0) is 38.3 Å². The molecule has 2 amide bonds. The molecule has 1 aromatic carbocycles. The van der Waals surface area contributed by atoms with E-state index in [1.807, 2.05) is 13.8 Å². The Morgan fingerprint density at radius 1 is 1.12 bits per heavy atom. The quantitative estimate of drug-likeness (QED) is 0.703. The van der Waals surface area contributed by atoms with Gasteiger partial charge >= 0.3 is 0 Å². The van der Waals surface area contributed by atoms with Crippen LogP contribution in [0.5, 0.6) is 11.5 Å². The third-order valence-electron chi connectivity index (χ3n) is 3.57. The summed E-state index contributed by atoms with van der Waals surface area (Å²) in [5, 5.41) is 2.79. The zero-order valence-corrected chi connectivity index (χ0v) is 15.9. The van der Waals surface area contributed by atoms with Crippen LogP contribution in [-0.4, -0.2) is 43.5 Å². The molecule has 0 bridgehead atoms. The fourth-order valence-corrected chi connectivity index (χ4v) is 2.24. The summed E-state index contributed by atoms with van der Waals surface area (Å²) in [6.07, 6.45) is 1.28. The zero-order valence-electron chi connectivity index (χ0n) is 15.9. The van der Waals surface area contributed by atoms with Crippen LogP contribution >= 0.6 is 0 Å². The van der Waals surface area contributed by atoms with Crippen molar-refractivity contribution in [1.82, 2.24) is 4.90 Å². The number of amides is 2. The maximum atomic E-state index is 12.2. The van der Waals surface area contributed by atoms with Gasteiger partial charge in [-0.3, -0.25) is 9.59 Å². The van der Waals surface area contributed by atoms with E-state index in [4.69, 9.17) is 9.47 Å². The van der Waals surface area contributed by atoms with Gasteiger partial charge in [0.15, 0.2) is 11.5 Å². The number of nitrogens with one attached hydrogen (secondary N) is 1. The molecule has 1 aromatic rings. The highest BCUT2D eigenvalue weighted by atomic mass is 16.5. The summed E-state index contributed by atoms with van der Waals surface area (Å²) in [5.74, 6) is 1.43. The SMILES string of the molecule is CCOc1ccc(NC(=O)CN(C)C(=O)CCC(C)C)cc1OCC. The van der Waals surface area contributed by atoms with Gasteiger partial charge in [0, 0.05) is 25.2 Å². The van der Waals surface area contributed by atoms with Crippen LogP contribution in [0.3, 0.4) is 0 Å². The molecule has 0 saturated carbocycles. The Kier molecular flexibility index (Phi) is 8.81. The Labute approximate surface area is 150 Å². The van der Waals surface area contributed by atoms with Crippen molar-refractivity contribution in [2.45, 2.75) is 40.5 Å². The van der Waals surface area contributed by atoms with Crippen molar-refractivity contribution in [1.29, 1.82) is 0 Å². The van der Waals surface area contributed by atoms with Gasteiger partial charge in [0.05, 0.1) is 19.8 Å². The van der Waals surface area contributed by atoms with Crippen molar-refractivity contribution < 1.29 is 19.1 Å². The number of carbonyl (C=O) groups is 2. The van der Waals surface area contributed by atoms with Gasteiger partial charge in [0.25, 0.3) is 0 Å². The fraction of sp³-hybridized carbons (Fsp3) is 0.579. The van der Waals surface area contributed by atoms with Crippen LogP contribution in [0.4, 0.5) is 5.69 Å². The second-order valence-corrected chi connectivity index (χ2v) is 6.26. The normalized spacial score (nSPS) is 10.5. The molecule has 0 atom stereocenters. The first kappa shape index (κ1) is 20.8. The molecule has 0 aromatic heterocycles. The number of anilines is 1. The molecule has 0 heterocycles. The Morgan fingerprint density at radius 2 is 1.76 bits per heavy atom. The van der Waals surface area contributed by atoms with Crippen LogP contribution in [0.2, 0.25) is 0 Å². The molecule has 0 saturated heterocycles. The van der Waals surface area contributed by atoms with Gasteiger partial charge in [-0.15, -0.1) is 0 Å². The monoisotopic (exact) mass is 350 g/mol. The highest BCUT2D eigenvalue weighted by Crippen LogP contribution is 2.30. The van der Waals surface area contributed by atoms with Gasteiger partial charge in [0.1, 0.15) is 0 Å². The van der Waals surface area contributed by atoms with E-state index in [2.05, 4.69) is 19.2 Å². The van der Waals surface area contributed by atoms with Crippen molar-refractivity contribution in [3.05, 3.63) is 18.2 Å².